The first-order valence-electron chi connectivity index (χ1n) is 5.92. The van der Waals surface area contributed by atoms with Crippen molar-refractivity contribution >= 4 is 0 Å². The number of hydrogen-bond donors (Lipinski definition) is 0. The van der Waals surface area contributed by atoms with Gasteiger partial charge >= 0.3 is 0 Å². The minimum Gasteiger partial charge on any atom is -0.497 e. The summed E-state index contributed by atoms with van der Waals surface area (Å²) in [4.78, 5) is 1.55. The van der Waals surface area contributed by atoms with Crippen molar-refractivity contribution in [2.45, 2.75) is 19.1 Å². The van der Waals surface area contributed by atoms with E-state index in [0.29, 0.717) is 5.82 Å². The SMILES string of the molecule is COc1ccc(-c2nnn(C3CCCO3)n2)cc1. The molecule has 3 rings (SSSR count). The highest BCUT2D eigenvalue weighted by molar-refractivity contribution is 5.55. The Morgan fingerprint density at radius 3 is 2.83 bits per heavy atom. The summed E-state index contributed by atoms with van der Waals surface area (Å²) in [6.07, 6.45) is 1.92. The van der Waals surface area contributed by atoms with Crippen molar-refractivity contribution < 1.29 is 9.47 Å². The van der Waals surface area contributed by atoms with Crippen molar-refractivity contribution in [1.29, 1.82) is 0 Å². The monoisotopic (exact) mass is 246 g/mol. The molecule has 1 saturated heterocycles. The van der Waals surface area contributed by atoms with Crippen LogP contribution in [0.3, 0.4) is 0 Å². The Balaban J connectivity index is 1.82. The lowest BCUT2D eigenvalue weighted by atomic mass is 10.2. The predicted molar refractivity (Wildman–Crippen MR) is 64.0 cm³/mol. The van der Waals surface area contributed by atoms with Crippen molar-refractivity contribution in [2.24, 2.45) is 0 Å². The van der Waals surface area contributed by atoms with Crippen LogP contribution in [0.15, 0.2) is 24.3 Å². The molecule has 0 radical (unpaired) electrons. The topological polar surface area (TPSA) is 62.1 Å². The van der Waals surface area contributed by atoms with E-state index >= 15 is 0 Å². The zero-order valence-corrected chi connectivity index (χ0v) is 10.1. The first-order chi connectivity index (χ1) is 8.86. The minimum atomic E-state index is -0.0653. The van der Waals surface area contributed by atoms with Crippen LogP contribution in [0.1, 0.15) is 19.1 Å². The van der Waals surface area contributed by atoms with Crippen LogP contribution in [-0.4, -0.2) is 33.9 Å². The van der Waals surface area contributed by atoms with E-state index in [1.165, 1.54) is 0 Å². The van der Waals surface area contributed by atoms with E-state index in [4.69, 9.17) is 9.47 Å². The summed E-state index contributed by atoms with van der Waals surface area (Å²) in [5, 5.41) is 12.4. The molecule has 1 aliphatic heterocycles. The number of nitrogens with zero attached hydrogens (tertiary/aromatic N) is 4. The van der Waals surface area contributed by atoms with Crippen LogP contribution in [0, 0.1) is 0 Å². The van der Waals surface area contributed by atoms with E-state index in [-0.39, 0.29) is 6.23 Å². The molecule has 1 aromatic heterocycles. The van der Waals surface area contributed by atoms with Gasteiger partial charge in [0.1, 0.15) is 5.75 Å². The van der Waals surface area contributed by atoms with Gasteiger partial charge in [0.15, 0.2) is 6.23 Å². The fourth-order valence-corrected chi connectivity index (χ4v) is 1.95. The molecule has 6 nitrogen and oxygen atoms in total. The zero-order valence-electron chi connectivity index (χ0n) is 10.1. The average molecular weight is 246 g/mol. The van der Waals surface area contributed by atoms with Gasteiger partial charge in [-0.05, 0) is 42.3 Å². The molecule has 0 N–H and O–H groups in total. The van der Waals surface area contributed by atoms with Crippen LogP contribution in [-0.2, 0) is 4.74 Å². The highest BCUT2D eigenvalue weighted by Gasteiger charge is 2.20. The van der Waals surface area contributed by atoms with E-state index in [1.54, 1.807) is 11.9 Å². The summed E-state index contributed by atoms with van der Waals surface area (Å²) in [5.41, 5.74) is 0.917. The maximum Gasteiger partial charge on any atom is 0.205 e. The Morgan fingerprint density at radius 1 is 1.33 bits per heavy atom. The normalized spacial score (nSPS) is 19.1. The van der Waals surface area contributed by atoms with Crippen LogP contribution in [0.5, 0.6) is 5.75 Å². The summed E-state index contributed by atoms with van der Waals surface area (Å²) < 4.78 is 10.6. The first kappa shape index (κ1) is 11.2. The van der Waals surface area contributed by atoms with Gasteiger partial charge in [-0.15, -0.1) is 15.0 Å². The molecule has 1 fully saturated rings. The quantitative estimate of drug-likeness (QED) is 0.824. The molecule has 1 atom stereocenters. The van der Waals surface area contributed by atoms with Gasteiger partial charge in [-0.1, -0.05) is 0 Å². The van der Waals surface area contributed by atoms with Gasteiger partial charge in [0.2, 0.25) is 5.82 Å². The molecule has 0 saturated carbocycles. The van der Waals surface area contributed by atoms with E-state index in [1.807, 2.05) is 24.3 Å². The summed E-state index contributed by atoms with van der Waals surface area (Å²) in [6, 6.07) is 7.58. The number of hydrogen-bond acceptors (Lipinski definition) is 5. The van der Waals surface area contributed by atoms with Gasteiger partial charge in [-0.25, -0.2) is 0 Å². The average Bonchev–Trinajstić information content (AvgIpc) is 3.09. The molecule has 1 aromatic carbocycles. The Kier molecular flexibility index (Phi) is 2.93. The fourth-order valence-electron chi connectivity index (χ4n) is 1.95. The van der Waals surface area contributed by atoms with E-state index < -0.39 is 0 Å². The second-order valence-electron chi connectivity index (χ2n) is 4.13. The second-order valence-corrected chi connectivity index (χ2v) is 4.13. The minimum absolute atomic E-state index is 0.0653. The molecular formula is C12H14N4O2. The fraction of sp³-hybridized carbons (Fsp3) is 0.417. The summed E-state index contributed by atoms with van der Waals surface area (Å²) >= 11 is 0. The molecule has 6 heteroatoms. The maximum absolute atomic E-state index is 5.50. The Bertz CT molecular complexity index is 517. The maximum atomic E-state index is 5.50. The molecule has 2 aromatic rings. The Morgan fingerprint density at radius 2 is 2.17 bits per heavy atom. The molecule has 18 heavy (non-hydrogen) atoms. The van der Waals surface area contributed by atoms with Crippen LogP contribution >= 0.6 is 0 Å². The van der Waals surface area contributed by atoms with Crippen LogP contribution in [0.2, 0.25) is 0 Å². The van der Waals surface area contributed by atoms with Crippen LogP contribution in [0.25, 0.3) is 11.4 Å². The molecule has 1 unspecified atom stereocenters. The predicted octanol–water partition coefficient (Wildman–Crippen LogP) is 1.66. The number of aromatic nitrogens is 4. The molecule has 0 bridgehead atoms. The highest BCUT2D eigenvalue weighted by Crippen LogP contribution is 2.23. The van der Waals surface area contributed by atoms with Crippen molar-refractivity contribution in [3.63, 3.8) is 0 Å². The largest absolute Gasteiger partial charge is 0.497 e. The van der Waals surface area contributed by atoms with Crippen LogP contribution in [0.4, 0.5) is 0 Å². The third-order valence-electron chi connectivity index (χ3n) is 2.94. The van der Waals surface area contributed by atoms with Crippen LogP contribution < -0.4 is 4.74 Å². The van der Waals surface area contributed by atoms with Gasteiger partial charge in [-0.2, -0.15) is 0 Å². The highest BCUT2D eigenvalue weighted by atomic mass is 16.5. The summed E-state index contributed by atoms with van der Waals surface area (Å²) in [6.45, 7) is 0.768. The number of ether oxygens (including phenoxy) is 2. The standard InChI is InChI=1S/C12H14N4O2/c1-17-10-6-4-9(5-7-10)12-13-15-16(14-12)11-3-2-8-18-11/h4-7,11H,2-3,8H2,1H3. The van der Waals surface area contributed by atoms with Gasteiger partial charge in [0.25, 0.3) is 0 Å². The summed E-state index contributed by atoms with van der Waals surface area (Å²) in [5.74, 6) is 1.42. The van der Waals surface area contributed by atoms with E-state index in [0.717, 1.165) is 30.8 Å². The lowest BCUT2D eigenvalue weighted by Gasteiger charge is -2.05. The van der Waals surface area contributed by atoms with Crippen molar-refractivity contribution in [3.8, 4) is 17.1 Å². The van der Waals surface area contributed by atoms with Gasteiger partial charge < -0.3 is 9.47 Å². The van der Waals surface area contributed by atoms with E-state index in [9.17, 15) is 0 Å². The Hall–Kier alpha value is -1.95. The molecular weight excluding hydrogens is 232 g/mol. The number of benzene rings is 1. The molecule has 0 spiro atoms. The third kappa shape index (κ3) is 2.06. The van der Waals surface area contributed by atoms with Crippen molar-refractivity contribution in [1.82, 2.24) is 20.2 Å². The van der Waals surface area contributed by atoms with Gasteiger partial charge in [0, 0.05) is 12.2 Å². The molecule has 1 aliphatic rings. The molecule has 2 heterocycles. The zero-order chi connectivity index (χ0) is 12.4. The molecule has 0 aliphatic carbocycles. The third-order valence-corrected chi connectivity index (χ3v) is 2.94. The Labute approximate surface area is 105 Å². The summed E-state index contributed by atoms with van der Waals surface area (Å²) in [7, 11) is 1.64. The van der Waals surface area contributed by atoms with E-state index in [2.05, 4.69) is 15.4 Å². The smallest absolute Gasteiger partial charge is 0.205 e. The lowest BCUT2D eigenvalue weighted by Crippen LogP contribution is -2.10. The van der Waals surface area contributed by atoms with Crippen molar-refractivity contribution in [3.05, 3.63) is 24.3 Å². The molecule has 94 valence electrons. The first-order valence-corrected chi connectivity index (χ1v) is 5.92. The number of methoxy groups -OCH3 is 1. The van der Waals surface area contributed by atoms with Gasteiger partial charge in [-0.3, -0.25) is 0 Å². The molecule has 0 amide bonds. The second kappa shape index (κ2) is 4.73. The van der Waals surface area contributed by atoms with Gasteiger partial charge in [0.05, 0.1) is 7.11 Å². The van der Waals surface area contributed by atoms with Crippen molar-refractivity contribution in [2.75, 3.05) is 13.7 Å². The lowest BCUT2D eigenvalue weighted by molar-refractivity contribution is 0.0342. The number of tetrazole rings is 1. The number of rotatable bonds is 3.